The van der Waals surface area contributed by atoms with E-state index in [-0.39, 0.29) is 0 Å². The molecule has 84 valence electrons. The third-order valence-electron chi connectivity index (χ3n) is 2.72. The number of nitrogens with zero attached hydrogens (tertiary/aromatic N) is 1. The molecule has 0 bridgehead atoms. The fourth-order valence-electron chi connectivity index (χ4n) is 1.82. The zero-order valence-electron chi connectivity index (χ0n) is 9.35. The molecular formula is C13H13Cl2N. The normalized spacial score (nSPS) is 11.0. The molecule has 1 aromatic carbocycles. The topological polar surface area (TPSA) is 12.9 Å². The van der Waals surface area contributed by atoms with Crippen molar-refractivity contribution in [2.24, 2.45) is 0 Å². The zero-order valence-corrected chi connectivity index (χ0v) is 10.9. The summed E-state index contributed by atoms with van der Waals surface area (Å²) < 4.78 is 0. The van der Waals surface area contributed by atoms with Crippen LogP contribution in [0.4, 0.5) is 0 Å². The maximum absolute atomic E-state index is 6.15. The van der Waals surface area contributed by atoms with E-state index in [1.807, 2.05) is 19.1 Å². The molecule has 16 heavy (non-hydrogen) atoms. The Hall–Kier alpha value is -0.790. The van der Waals surface area contributed by atoms with Gasteiger partial charge in [0.25, 0.3) is 0 Å². The maximum Gasteiger partial charge on any atom is 0.132 e. The minimum atomic E-state index is 0.597. The van der Waals surface area contributed by atoms with Crippen LogP contribution >= 0.6 is 23.2 Å². The van der Waals surface area contributed by atoms with Crippen LogP contribution in [-0.4, -0.2) is 4.98 Å². The van der Waals surface area contributed by atoms with Crippen LogP contribution in [0.3, 0.4) is 0 Å². The Labute approximate surface area is 105 Å². The summed E-state index contributed by atoms with van der Waals surface area (Å²) in [6, 6.07) is 6.01. The molecule has 2 aromatic rings. The lowest BCUT2D eigenvalue weighted by atomic mass is 10.1. The number of aryl methyl sites for hydroxylation is 2. The molecule has 0 amide bonds. The van der Waals surface area contributed by atoms with E-state index in [9.17, 15) is 0 Å². The zero-order chi connectivity index (χ0) is 11.7. The molecule has 0 atom stereocenters. The summed E-state index contributed by atoms with van der Waals surface area (Å²) >= 11 is 12.2. The van der Waals surface area contributed by atoms with Gasteiger partial charge in [0.15, 0.2) is 0 Å². The summed E-state index contributed by atoms with van der Waals surface area (Å²) in [6.45, 7) is 4.10. The molecule has 1 nitrogen and oxygen atoms in total. The van der Waals surface area contributed by atoms with Crippen molar-refractivity contribution >= 4 is 34.1 Å². The van der Waals surface area contributed by atoms with Crippen molar-refractivity contribution in [3.05, 3.63) is 39.5 Å². The van der Waals surface area contributed by atoms with Crippen molar-refractivity contribution in [2.45, 2.75) is 26.7 Å². The highest BCUT2D eigenvalue weighted by molar-refractivity contribution is 6.32. The molecule has 2 rings (SSSR count). The first-order valence-corrected chi connectivity index (χ1v) is 6.13. The van der Waals surface area contributed by atoms with Crippen LogP contribution in [0.25, 0.3) is 10.9 Å². The molecule has 0 spiro atoms. The number of hydrogen-bond donors (Lipinski definition) is 0. The Morgan fingerprint density at radius 2 is 2.00 bits per heavy atom. The maximum atomic E-state index is 6.15. The van der Waals surface area contributed by atoms with Crippen molar-refractivity contribution < 1.29 is 0 Å². The van der Waals surface area contributed by atoms with E-state index in [1.54, 1.807) is 0 Å². The molecule has 0 saturated heterocycles. The fourth-order valence-corrected chi connectivity index (χ4v) is 2.21. The highest BCUT2D eigenvalue weighted by atomic mass is 35.5. The van der Waals surface area contributed by atoms with Gasteiger partial charge in [-0.15, -0.1) is 0 Å². The summed E-state index contributed by atoms with van der Waals surface area (Å²) in [5.74, 6) is 0. The number of rotatable bonds is 2. The van der Waals surface area contributed by atoms with E-state index in [0.717, 1.165) is 39.9 Å². The molecule has 0 aliphatic rings. The van der Waals surface area contributed by atoms with Crippen molar-refractivity contribution in [1.29, 1.82) is 0 Å². The number of pyridine rings is 1. The highest BCUT2D eigenvalue weighted by Gasteiger charge is 2.07. The van der Waals surface area contributed by atoms with Gasteiger partial charge < -0.3 is 0 Å². The van der Waals surface area contributed by atoms with Crippen molar-refractivity contribution in [3.63, 3.8) is 0 Å². The summed E-state index contributed by atoms with van der Waals surface area (Å²) in [4.78, 5) is 4.44. The van der Waals surface area contributed by atoms with Crippen molar-refractivity contribution in [2.75, 3.05) is 0 Å². The predicted molar refractivity (Wildman–Crippen MR) is 70.5 cm³/mol. The van der Waals surface area contributed by atoms with Crippen LogP contribution in [0.1, 0.15) is 24.5 Å². The number of aromatic nitrogens is 1. The Morgan fingerprint density at radius 3 is 2.69 bits per heavy atom. The smallest absolute Gasteiger partial charge is 0.132 e. The Kier molecular flexibility index (Phi) is 3.36. The Balaban J connectivity index is 2.69. The standard InChI is InChI=1S/C13H13Cl2N/c1-3-4-10-7-9-5-6-11(14)8(2)12(9)16-13(10)15/h5-7H,3-4H2,1-2H3. The van der Waals surface area contributed by atoms with Crippen LogP contribution in [0.2, 0.25) is 10.2 Å². The van der Waals surface area contributed by atoms with Gasteiger partial charge in [0.2, 0.25) is 0 Å². The van der Waals surface area contributed by atoms with Gasteiger partial charge in [-0.25, -0.2) is 4.98 Å². The molecule has 0 fully saturated rings. The predicted octanol–water partition coefficient (Wildman–Crippen LogP) is 4.80. The van der Waals surface area contributed by atoms with Gasteiger partial charge in [-0.1, -0.05) is 42.6 Å². The number of fused-ring (bicyclic) bond motifs is 1. The van der Waals surface area contributed by atoms with Crippen LogP contribution in [0.15, 0.2) is 18.2 Å². The average Bonchev–Trinajstić information content (AvgIpc) is 2.26. The largest absolute Gasteiger partial charge is 0.235 e. The number of benzene rings is 1. The SMILES string of the molecule is CCCc1cc2ccc(Cl)c(C)c2nc1Cl. The van der Waals surface area contributed by atoms with E-state index in [4.69, 9.17) is 23.2 Å². The first kappa shape index (κ1) is 11.7. The third kappa shape index (κ3) is 2.02. The molecule has 1 aromatic heterocycles. The van der Waals surface area contributed by atoms with Gasteiger partial charge in [0, 0.05) is 10.4 Å². The van der Waals surface area contributed by atoms with E-state index in [0.29, 0.717) is 5.15 Å². The minimum Gasteiger partial charge on any atom is -0.235 e. The second-order valence-corrected chi connectivity index (χ2v) is 4.70. The summed E-state index contributed by atoms with van der Waals surface area (Å²) in [7, 11) is 0. The third-order valence-corrected chi connectivity index (χ3v) is 3.46. The second-order valence-electron chi connectivity index (χ2n) is 3.93. The molecular weight excluding hydrogens is 241 g/mol. The molecule has 0 saturated carbocycles. The van der Waals surface area contributed by atoms with Crippen molar-refractivity contribution in [3.8, 4) is 0 Å². The molecule has 0 aliphatic heterocycles. The van der Waals surface area contributed by atoms with Gasteiger partial charge in [-0.3, -0.25) is 0 Å². The molecule has 0 aliphatic carbocycles. The van der Waals surface area contributed by atoms with Gasteiger partial charge in [0.05, 0.1) is 5.52 Å². The molecule has 0 N–H and O–H groups in total. The quantitative estimate of drug-likeness (QED) is 0.701. The fraction of sp³-hybridized carbons (Fsp3) is 0.308. The van der Waals surface area contributed by atoms with Gasteiger partial charge in [-0.2, -0.15) is 0 Å². The summed E-state index contributed by atoms with van der Waals surface area (Å²) in [5.41, 5.74) is 3.00. The summed E-state index contributed by atoms with van der Waals surface area (Å²) in [6.07, 6.45) is 2.03. The monoisotopic (exact) mass is 253 g/mol. The van der Waals surface area contributed by atoms with Crippen molar-refractivity contribution in [1.82, 2.24) is 4.98 Å². The number of halogens is 2. The lowest BCUT2D eigenvalue weighted by Crippen LogP contribution is -1.92. The molecule has 1 heterocycles. The molecule has 3 heteroatoms. The first-order valence-electron chi connectivity index (χ1n) is 5.37. The lowest BCUT2D eigenvalue weighted by molar-refractivity contribution is 0.917. The van der Waals surface area contributed by atoms with E-state index in [1.165, 1.54) is 0 Å². The van der Waals surface area contributed by atoms with Crippen LogP contribution < -0.4 is 0 Å². The average molecular weight is 254 g/mol. The highest BCUT2D eigenvalue weighted by Crippen LogP contribution is 2.27. The van der Waals surface area contributed by atoms with Gasteiger partial charge in [-0.05, 0) is 36.6 Å². The van der Waals surface area contributed by atoms with Crippen LogP contribution in [0, 0.1) is 6.92 Å². The Bertz CT molecular complexity index is 535. The van der Waals surface area contributed by atoms with Crippen LogP contribution in [0.5, 0.6) is 0 Å². The summed E-state index contributed by atoms with van der Waals surface area (Å²) in [5, 5.41) is 2.44. The molecule has 0 radical (unpaired) electrons. The first-order chi connectivity index (χ1) is 7.63. The van der Waals surface area contributed by atoms with E-state index in [2.05, 4.69) is 18.0 Å². The van der Waals surface area contributed by atoms with Crippen LogP contribution in [-0.2, 0) is 6.42 Å². The molecule has 0 unspecified atom stereocenters. The van der Waals surface area contributed by atoms with Gasteiger partial charge in [0.1, 0.15) is 5.15 Å². The minimum absolute atomic E-state index is 0.597. The second kappa shape index (κ2) is 4.60. The van der Waals surface area contributed by atoms with E-state index < -0.39 is 0 Å². The lowest BCUT2D eigenvalue weighted by Gasteiger charge is -2.07. The van der Waals surface area contributed by atoms with Gasteiger partial charge >= 0.3 is 0 Å². The van der Waals surface area contributed by atoms with E-state index >= 15 is 0 Å². The Morgan fingerprint density at radius 1 is 1.25 bits per heavy atom. The number of hydrogen-bond acceptors (Lipinski definition) is 1.